The third kappa shape index (κ3) is 3.54. The molecule has 8 nitrogen and oxygen atoms in total. The van der Waals surface area contributed by atoms with E-state index in [4.69, 9.17) is 15.2 Å². The predicted octanol–water partition coefficient (Wildman–Crippen LogP) is 0.601. The number of amides is 1. The van der Waals surface area contributed by atoms with Gasteiger partial charge in [0.05, 0.1) is 6.10 Å². The van der Waals surface area contributed by atoms with Gasteiger partial charge in [-0.2, -0.15) is 0 Å². The molecule has 0 aromatic carbocycles. The molecule has 0 aliphatic carbocycles. The molecule has 3 heterocycles. The SMILES string of the molecule is CCOCc1nnc(N2CCC([C@@H]3CC[C@H](C(N)=O)O3)CC2)n1C. The molecule has 2 saturated heterocycles. The Bertz CT molecular complexity index is 568. The number of carbonyl (C=O) groups is 1. The maximum absolute atomic E-state index is 11.2. The molecule has 0 spiro atoms. The Morgan fingerprint density at radius 3 is 2.67 bits per heavy atom. The summed E-state index contributed by atoms with van der Waals surface area (Å²) in [6.45, 7) is 4.97. The minimum absolute atomic E-state index is 0.165. The zero-order valence-electron chi connectivity index (χ0n) is 14.5. The van der Waals surface area contributed by atoms with Crippen LogP contribution < -0.4 is 10.6 Å². The minimum atomic E-state index is -0.395. The fourth-order valence-electron chi connectivity index (χ4n) is 3.64. The van der Waals surface area contributed by atoms with Crippen LogP contribution in [0.25, 0.3) is 0 Å². The first-order chi connectivity index (χ1) is 11.6. The van der Waals surface area contributed by atoms with E-state index in [2.05, 4.69) is 15.1 Å². The Hall–Kier alpha value is -1.67. The second kappa shape index (κ2) is 7.48. The fraction of sp³-hybridized carbons (Fsp3) is 0.812. The minimum Gasteiger partial charge on any atom is -0.374 e. The van der Waals surface area contributed by atoms with Crippen LogP contribution in [0, 0.1) is 5.92 Å². The predicted molar refractivity (Wildman–Crippen MR) is 88.4 cm³/mol. The topological polar surface area (TPSA) is 95.5 Å². The van der Waals surface area contributed by atoms with Gasteiger partial charge in [-0.3, -0.25) is 9.36 Å². The lowest BCUT2D eigenvalue weighted by Gasteiger charge is -2.34. The highest BCUT2D eigenvalue weighted by molar-refractivity contribution is 5.79. The van der Waals surface area contributed by atoms with Crippen molar-refractivity contribution < 1.29 is 14.3 Å². The van der Waals surface area contributed by atoms with Crippen molar-refractivity contribution in [1.29, 1.82) is 0 Å². The highest BCUT2D eigenvalue weighted by Gasteiger charge is 2.36. The molecule has 3 rings (SSSR count). The van der Waals surface area contributed by atoms with Crippen molar-refractivity contribution >= 4 is 11.9 Å². The third-order valence-electron chi connectivity index (χ3n) is 5.10. The number of nitrogens with zero attached hydrogens (tertiary/aromatic N) is 4. The van der Waals surface area contributed by atoms with E-state index in [9.17, 15) is 4.79 Å². The molecule has 2 N–H and O–H groups in total. The van der Waals surface area contributed by atoms with Crippen LogP contribution in [0.5, 0.6) is 0 Å². The average Bonchev–Trinajstić information content (AvgIpc) is 3.21. The molecular weight excluding hydrogens is 310 g/mol. The zero-order valence-corrected chi connectivity index (χ0v) is 14.5. The van der Waals surface area contributed by atoms with Gasteiger partial charge in [-0.15, -0.1) is 10.2 Å². The summed E-state index contributed by atoms with van der Waals surface area (Å²) in [6.07, 6.45) is 3.52. The number of aromatic nitrogens is 3. The molecule has 8 heteroatoms. The smallest absolute Gasteiger partial charge is 0.246 e. The first-order valence-corrected chi connectivity index (χ1v) is 8.75. The van der Waals surface area contributed by atoms with E-state index in [1.165, 1.54) is 0 Å². The molecule has 0 unspecified atom stereocenters. The molecule has 2 aliphatic rings. The van der Waals surface area contributed by atoms with Crippen LogP contribution in [0.15, 0.2) is 0 Å². The van der Waals surface area contributed by atoms with Crippen molar-refractivity contribution in [2.45, 2.75) is 51.4 Å². The molecule has 0 radical (unpaired) electrons. The molecule has 2 fully saturated rings. The summed E-state index contributed by atoms with van der Waals surface area (Å²) < 4.78 is 13.3. The summed E-state index contributed by atoms with van der Waals surface area (Å²) in [6, 6.07) is 0. The van der Waals surface area contributed by atoms with Crippen LogP contribution in [-0.4, -0.2) is 52.6 Å². The molecule has 0 bridgehead atoms. The molecule has 0 saturated carbocycles. The lowest BCUT2D eigenvalue weighted by molar-refractivity contribution is -0.130. The number of ether oxygens (including phenoxy) is 2. The number of rotatable bonds is 6. The van der Waals surface area contributed by atoms with Crippen molar-refractivity contribution in [2.24, 2.45) is 18.7 Å². The Labute approximate surface area is 142 Å². The van der Waals surface area contributed by atoms with Gasteiger partial charge in [0, 0.05) is 26.7 Å². The second-order valence-corrected chi connectivity index (χ2v) is 6.58. The molecule has 1 aromatic heterocycles. The molecule has 24 heavy (non-hydrogen) atoms. The van der Waals surface area contributed by atoms with E-state index in [0.717, 1.165) is 50.5 Å². The average molecular weight is 337 g/mol. The maximum atomic E-state index is 11.2. The number of nitrogens with two attached hydrogens (primary N) is 1. The fourth-order valence-corrected chi connectivity index (χ4v) is 3.64. The van der Waals surface area contributed by atoms with Crippen LogP contribution in [0.1, 0.15) is 38.4 Å². The summed E-state index contributed by atoms with van der Waals surface area (Å²) in [4.78, 5) is 13.5. The first-order valence-electron chi connectivity index (χ1n) is 8.75. The molecule has 134 valence electrons. The van der Waals surface area contributed by atoms with Crippen molar-refractivity contribution in [1.82, 2.24) is 14.8 Å². The quantitative estimate of drug-likeness (QED) is 0.817. The summed E-state index contributed by atoms with van der Waals surface area (Å²) in [5.41, 5.74) is 5.34. The van der Waals surface area contributed by atoms with Gasteiger partial charge in [0.1, 0.15) is 12.7 Å². The van der Waals surface area contributed by atoms with E-state index in [0.29, 0.717) is 19.1 Å². The Morgan fingerprint density at radius 2 is 2.04 bits per heavy atom. The van der Waals surface area contributed by atoms with Gasteiger partial charge in [0.2, 0.25) is 11.9 Å². The number of primary amides is 1. The van der Waals surface area contributed by atoms with Crippen LogP contribution in [-0.2, 0) is 27.9 Å². The lowest BCUT2D eigenvalue weighted by atomic mass is 9.90. The number of hydrogen-bond acceptors (Lipinski definition) is 6. The second-order valence-electron chi connectivity index (χ2n) is 6.58. The van der Waals surface area contributed by atoms with Crippen molar-refractivity contribution in [2.75, 3.05) is 24.6 Å². The van der Waals surface area contributed by atoms with Gasteiger partial charge in [-0.05, 0) is 38.5 Å². The van der Waals surface area contributed by atoms with Crippen LogP contribution in [0.3, 0.4) is 0 Å². The van der Waals surface area contributed by atoms with E-state index in [1.54, 1.807) is 0 Å². The highest BCUT2D eigenvalue weighted by Crippen LogP contribution is 2.32. The van der Waals surface area contributed by atoms with Gasteiger partial charge in [-0.1, -0.05) is 0 Å². The van der Waals surface area contributed by atoms with E-state index >= 15 is 0 Å². The van der Waals surface area contributed by atoms with Crippen molar-refractivity contribution in [3.8, 4) is 0 Å². The summed E-state index contributed by atoms with van der Waals surface area (Å²) in [5, 5.41) is 8.54. The first kappa shape index (κ1) is 17.2. The van der Waals surface area contributed by atoms with E-state index < -0.39 is 6.10 Å². The van der Waals surface area contributed by atoms with Gasteiger partial charge < -0.3 is 20.1 Å². The lowest BCUT2D eigenvalue weighted by Crippen LogP contribution is -2.39. The molecule has 1 aromatic rings. The number of anilines is 1. The number of piperidine rings is 1. The molecule has 2 atom stereocenters. The molecular formula is C16H27N5O3. The monoisotopic (exact) mass is 337 g/mol. The molecule has 2 aliphatic heterocycles. The van der Waals surface area contributed by atoms with E-state index in [1.807, 2.05) is 18.5 Å². The Balaban J connectivity index is 1.54. The normalized spacial score (nSPS) is 25.3. The summed E-state index contributed by atoms with van der Waals surface area (Å²) in [5.74, 6) is 1.89. The van der Waals surface area contributed by atoms with Gasteiger partial charge >= 0.3 is 0 Å². The third-order valence-corrected chi connectivity index (χ3v) is 5.10. The Morgan fingerprint density at radius 1 is 1.29 bits per heavy atom. The summed E-state index contributed by atoms with van der Waals surface area (Å²) >= 11 is 0. The van der Waals surface area contributed by atoms with Crippen molar-refractivity contribution in [3.05, 3.63) is 5.82 Å². The van der Waals surface area contributed by atoms with Crippen molar-refractivity contribution in [3.63, 3.8) is 0 Å². The van der Waals surface area contributed by atoms with Gasteiger partial charge in [0.25, 0.3) is 0 Å². The van der Waals surface area contributed by atoms with Gasteiger partial charge in [-0.25, -0.2) is 0 Å². The van der Waals surface area contributed by atoms with Crippen LogP contribution in [0.4, 0.5) is 5.95 Å². The van der Waals surface area contributed by atoms with E-state index in [-0.39, 0.29) is 12.0 Å². The van der Waals surface area contributed by atoms with Gasteiger partial charge in [0.15, 0.2) is 5.82 Å². The number of carbonyl (C=O) groups excluding carboxylic acids is 1. The number of hydrogen-bond donors (Lipinski definition) is 1. The molecule has 1 amide bonds. The standard InChI is InChI=1S/C16H27N5O3/c1-3-23-10-14-18-19-16(20(14)2)21-8-6-11(7-9-21)12-4-5-13(24-12)15(17)22/h11-13H,3-10H2,1-2H3,(H2,17,22)/t12-,13+/m0/s1. The maximum Gasteiger partial charge on any atom is 0.246 e. The zero-order chi connectivity index (χ0) is 17.1. The summed E-state index contributed by atoms with van der Waals surface area (Å²) in [7, 11) is 1.98. The van der Waals surface area contributed by atoms with Crippen LogP contribution in [0.2, 0.25) is 0 Å². The largest absolute Gasteiger partial charge is 0.374 e. The highest BCUT2D eigenvalue weighted by atomic mass is 16.5. The van der Waals surface area contributed by atoms with Crippen LogP contribution >= 0.6 is 0 Å². The Kier molecular flexibility index (Phi) is 5.35.